The van der Waals surface area contributed by atoms with Gasteiger partial charge >= 0.3 is 5.97 Å². The molecular weight excluding hydrogens is 226 g/mol. The van der Waals surface area contributed by atoms with Gasteiger partial charge in [0.05, 0.1) is 6.54 Å². The number of thioether (sulfide) groups is 1. The summed E-state index contributed by atoms with van der Waals surface area (Å²) in [7, 11) is 0. The number of nitrogens with one attached hydrogen (secondary N) is 1. The molecule has 1 unspecified atom stereocenters. The van der Waals surface area contributed by atoms with E-state index >= 15 is 0 Å². The lowest BCUT2D eigenvalue weighted by Gasteiger charge is -2.08. The molecule has 1 saturated heterocycles. The molecule has 0 aromatic carbocycles. The quantitative estimate of drug-likeness (QED) is 0.842. The van der Waals surface area contributed by atoms with Crippen molar-refractivity contribution < 1.29 is 14.3 Å². The first-order valence-corrected chi connectivity index (χ1v) is 6.46. The highest BCUT2D eigenvalue weighted by Crippen LogP contribution is 2.19. The monoisotopic (exact) mass is 241 g/mol. The topological polar surface area (TPSA) is 62.5 Å². The minimum atomic E-state index is -0.927. The zero-order chi connectivity index (χ0) is 11.5. The summed E-state index contributed by atoms with van der Waals surface area (Å²) < 4.78 is 5.39. The molecule has 16 heavy (non-hydrogen) atoms. The minimum absolute atomic E-state index is 0.262. The molecule has 88 valence electrons. The largest absolute Gasteiger partial charge is 0.478 e. The van der Waals surface area contributed by atoms with Gasteiger partial charge in [-0.05, 0) is 25.2 Å². The van der Waals surface area contributed by atoms with Gasteiger partial charge < -0.3 is 14.8 Å². The number of furan rings is 1. The lowest BCUT2D eigenvalue weighted by atomic mass is 10.2. The van der Waals surface area contributed by atoms with Crippen molar-refractivity contribution in [3.05, 3.63) is 23.2 Å². The molecule has 2 rings (SSSR count). The molecule has 0 radical (unpaired) electrons. The van der Waals surface area contributed by atoms with Gasteiger partial charge in [-0.25, -0.2) is 4.79 Å². The van der Waals surface area contributed by atoms with Crippen LogP contribution in [0.3, 0.4) is 0 Å². The van der Waals surface area contributed by atoms with E-state index in [2.05, 4.69) is 5.32 Å². The maximum atomic E-state index is 10.8. The molecule has 0 bridgehead atoms. The summed E-state index contributed by atoms with van der Waals surface area (Å²) in [5.41, 5.74) is 0.262. The van der Waals surface area contributed by atoms with Crippen molar-refractivity contribution in [2.45, 2.75) is 25.9 Å². The fourth-order valence-corrected chi connectivity index (χ4v) is 2.97. The smallest absolute Gasteiger partial charge is 0.339 e. The first-order chi connectivity index (χ1) is 7.66. The van der Waals surface area contributed by atoms with Gasteiger partial charge in [-0.15, -0.1) is 0 Å². The maximum Gasteiger partial charge on any atom is 0.339 e. The number of hydrogen-bond acceptors (Lipinski definition) is 4. The highest BCUT2D eigenvalue weighted by atomic mass is 32.2. The predicted octanol–water partition coefficient (Wildman–Crippen LogP) is 1.88. The van der Waals surface area contributed by atoms with Crippen LogP contribution in [0.2, 0.25) is 0 Å². The zero-order valence-electron chi connectivity index (χ0n) is 9.16. The van der Waals surface area contributed by atoms with E-state index in [0.29, 0.717) is 24.1 Å². The van der Waals surface area contributed by atoms with Crippen molar-refractivity contribution in [1.29, 1.82) is 0 Å². The summed E-state index contributed by atoms with van der Waals surface area (Å²) >= 11 is 1.94. The van der Waals surface area contributed by atoms with Crippen molar-refractivity contribution in [1.82, 2.24) is 5.32 Å². The van der Waals surface area contributed by atoms with Crippen LogP contribution in [0, 0.1) is 6.92 Å². The summed E-state index contributed by atoms with van der Waals surface area (Å²) in [6.45, 7) is 2.29. The molecule has 2 N–H and O–H groups in total. The van der Waals surface area contributed by atoms with Crippen molar-refractivity contribution in [3.8, 4) is 0 Å². The Labute approximate surface area is 98.4 Å². The molecule has 0 aliphatic carbocycles. The summed E-state index contributed by atoms with van der Waals surface area (Å²) in [6.07, 6.45) is 1.18. The first kappa shape index (κ1) is 11.5. The molecule has 1 aliphatic heterocycles. The van der Waals surface area contributed by atoms with Crippen LogP contribution in [-0.4, -0.2) is 28.6 Å². The second kappa shape index (κ2) is 4.93. The molecule has 4 nitrogen and oxygen atoms in total. The van der Waals surface area contributed by atoms with Gasteiger partial charge in [-0.3, -0.25) is 0 Å². The maximum absolute atomic E-state index is 10.8. The predicted molar refractivity (Wildman–Crippen MR) is 63.0 cm³/mol. The molecule has 2 heterocycles. The standard InChI is InChI=1S/C11H15NO3S/c1-7-10(11(13)14)4-9(15-7)5-12-8-2-3-16-6-8/h4,8,12H,2-3,5-6H2,1H3,(H,13,14). The number of hydrogen-bond donors (Lipinski definition) is 2. The highest BCUT2D eigenvalue weighted by molar-refractivity contribution is 7.99. The Morgan fingerprint density at radius 1 is 1.75 bits per heavy atom. The third-order valence-corrected chi connectivity index (χ3v) is 3.86. The molecule has 1 atom stereocenters. The Balaban J connectivity index is 1.94. The molecular formula is C11H15NO3S. The molecule has 1 aliphatic rings. The number of aromatic carboxylic acids is 1. The average molecular weight is 241 g/mol. The number of carbonyl (C=O) groups is 1. The summed E-state index contributed by atoms with van der Waals surface area (Å²) in [5.74, 6) is 2.58. The van der Waals surface area contributed by atoms with Crippen molar-refractivity contribution >= 4 is 17.7 Å². The second-order valence-electron chi connectivity index (χ2n) is 3.93. The third kappa shape index (κ3) is 2.59. The highest BCUT2D eigenvalue weighted by Gasteiger charge is 2.17. The number of aryl methyl sites for hydroxylation is 1. The van der Waals surface area contributed by atoms with Gasteiger partial charge in [0, 0.05) is 11.8 Å². The minimum Gasteiger partial charge on any atom is -0.478 e. The van der Waals surface area contributed by atoms with Gasteiger partial charge in [-0.2, -0.15) is 11.8 Å². The number of carboxylic acid groups (broad SMARTS) is 1. The average Bonchev–Trinajstić information content (AvgIpc) is 2.83. The SMILES string of the molecule is Cc1oc(CNC2CCSC2)cc1C(=O)O. The fraction of sp³-hybridized carbons (Fsp3) is 0.545. The van der Waals surface area contributed by atoms with E-state index in [4.69, 9.17) is 9.52 Å². The first-order valence-electron chi connectivity index (χ1n) is 5.30. The van der Waals surface area contributed by atoms with E-state index in [-0.39, 0.29) is 5.56 Å². The Morgan fingerprint density at radius 2 is 2.56 bits per heavy atom. The summed E-state index contributed by atoms with van der Waals surface area (Å²) in [5, 5.41) is 12.2. The summed E-state index contributed by atoms with van der Waals surface area (Å²) in [4.78, 5) is 10.8. The second-order valence-corrected chi connectivity index (χ2v) is 5.08. The van der Waals surface area contributed by atoms with Crippen LogP contribution in [0.1, 0.15) is 28.3 Å². The lowest BCUT2D eigenvalue weighted by molar-refractivity contribution is 0.0695. The van der Waals surface area contributed by atoms with Crippen LogP contribution < -0.4 is 5.32 Å². The van der Waals surface area contributed by atoms with Crippen LogP contribution in [0.15, 0.2) is 10.5 Å². The van der Waals surface area contributed by atoms with Gasteiger partial charge in [-0.1, -0.05) is 0 Å². The van der Waals surface area contributed by atoms with E-state index in [1.165, 1.54) is 12.2 Å². The molecule has 1 fully saturated rings. The van der Waals surface area contributed by atoms with Crippen LogP contribution in [-0.2, 0) is 6.54 Å². The van der Waals surface area contributed by atoms with Crippen LogP contribution in [0.4, 0.5) is 0 Å². The van der Waals surface area contributed by atoms with E-state index in [9.17, 15) is 4.79 Å². The van der Waals surface area contributed by atoms with E-state index in [1.54, 1.807) is 13.0 Å². The summed E-state index contributed by atoms with van der Waals surface area (Å²) in [6, 6.07) is 2.14. The van der Waals surface area contributed by atoms with Crippen molar-refractivity contribution in [2.75, 3.05) is 11.5 Å². The third-order valence-electron chi connectivity index (χ3n) is 2.69. The van der Waals surface area contributed by atoms with Gasteiger partial charge in [0.2, 0.25) is 0 Å². The Kier molecular flexibility index (Phi) is 3.56. The van der Waals surface area contributed by atoms with Crippen LogP contribution >= 0.6 is 11.8 Å². The Bertz CT molecular complexity index is 383. The lowest BCUT2D eigenvalue weighted by Crippen LogP contribution is -2.27. The molecule has 5 heteroatoms. The zero-order valence-corrected chi connectivity index (χ0v) is 9.97. The normalized spacial score (nSPS) is 20.2. The Morgan fingerprint density at radius 3 is 3.12 bits per heavy atom. The molecule has 0 saturated carbocycles. The van der Waals surface area contributed by atoms with Crippen molar-refractivity contribution in [2.24, 2.45) is 0 Å². The van der Waals surface area contributed by atoms with Crippen molar-refractivity contribution in [3.63, 3.8) is 0 Å². The molecule has 1 aromatic heterocycles. The van der Waals surface area contributed by atoms with E-state index in [1.807, 2.05) is 11.8 Å². The van der Waals surface area contributed by atoms with Gasteiger partial charge in [0.15, 0.2) is 0 Å². The number of rotatable bonds is 4. The van der Waals surface area contributed by atoms with Gasteiger partial charge in [0.25, 0.3) is 0 Å². The van der Waals surface area contributed by atoms with E-state index in [0.717, 1.165) is 5.75 Å². The molecule has 1 aromatic rings. The fourth-order valence-electron chi connectivity index (χ4n) is 1.78. The van der Waals surface area contributed by atoms with Crippen LogP contribution in [0.25, 0.3) is 0 Å². The van der Waals surface area contributed by atoms with Crippen LogP contribution in [0.5, 0.6) is 0 Å². The number of carboxylic acids is 1. The van der Waals surface area contributed by atoms with Gasteiger partial charge in [0.1, 0.15) is 17.1 Å². The van der Waals surface area contributed by atoms with E-state index < -0.39 is 5.97 Å². The molecule has 0 spiro atoms. The Hall–Kier alpha value is -0.940. The molecule has 0 amide bonds.